The number of ether oxygens (including phenoxy) is 2. The van der Waals surface area contributed by atoms with Gasteiger partial charge in [0.25, 0.3) is 0 Å². The van der Waals surface area contributed by atoms with Crippen LogP contribution in [0.5, 0.6) is 11.5 Å². The van der Waals surface area contributed by atoms with Gasteiger partial charge in [0.1, 0.15) is 17.3 Å². The topological polar surface area (TPSA) is 89.0 Å². The number of likely N-dealkylation sites (N-methyl/N-ethyl adjacent to an activating group) is 1. The summed E-state index contributed by atoms with van der Waals surface area (Å²) in [6, 6.07) is 11.5. The third-order valence-corrected chi connectivity index (χ3v) is 8.04. The number of thiazole rings is 1. The van der Waals surface area contributed by atoms with E-state index in [2.05, 4.69) is 9.88 Å². The minimum absolute atomic E-state index is 0.0781. The molecule has 8 nitrogen and oxygen atoms in total. The van der Waals surface area contributed by atoms with E-state index in [1.54, 1.807) is 19.2 Å². The Kier molecular flexibility index (Phi) is 8.28. The second-order valence-corrected chi connectivity index (χ2v) is 10.3. The molecule has 0 radical (unpaired) electrons. The zero-order valence-corrected chi connectivity index (χ0v) is 20.9. The summed E-state index contributed by atoms with van der Waals surface area (Å²) in [5.74, 6) is 0.0902. The smallest absolute Gasteiger partial charge is 0.244 e. The van der Waals surface area contributed by atoms with E-state index in [4.69, 9.17) is 9.47 Å². The molecule has 1 heterocycles. The van der Waals surface area contributed by atoms with Gasteiger partial charge in [-0.15, -0.1) is 0 Å². The summed E-state index contributed by atoms with van der Waals surface area (Å²) >= 11 is 1.34. The molecule has 178 valence electrons. The molecule has 3 rings (SSSR count). The van der Waals surface area contributed by atoms with Crippen molar-refractivity contribution < 1.29 is 22.7 Å². The average Bonchev–Trinajstić information content (AvgIpc) is 3.24. The van der Waals surface area contributed by atoms with Gasteiger partial charge in [-0.05, 0) is 55.6 Å². The highest BCUT2D eigenvalue weighted by Gasteiger charge is 2.27. The predicted octanol–water partition coefficient (Wildman–Crippen LogP) is 3.46. The molecular formula is C23H29N3O5S2. The molecule has 0 N–H and O–H groups in total. The van der Waals surface area contributed by atoms with Crippen molar-refractivity contribution in [2.24, 2.45) is 0 Å². The van der Waals surface area contributed by atoms with Crippen LogP contribution in [0.3, 0.4) is 0 Å². The van der Waals surface area contributed by atoms with Gasteiger partial charge in [0.05, 0.1) is 29.3 Å². The summed E-state index contributed by atoms with van der Waals surface area (Å²) in [6.07, 6.45) is 0. The van der Waals surface area contributed by atoms with Gasteiger partial charge in [-0.2, -0.15) is 0 Å². The number of methoxy groups -OCH3 is 2. The first kappa shape index (κ1) is 24.9. The van der Waals surface area contributed by atoms with Gasteiger partial charge < -0.3 is 14.4 Å². The lowest BCUT2D eigenvalue weighted by atomic mass is 10.3. The lowest BCUT2D eigenvalue weighted by molar-refractivity contribution is -0.116. The number of anilines is 1. The Labute approximate surface area is 198 Å². The Balaban J connectivity index is 1.90. The maximum atomic E-state index is 13.3. The largest absolute Gasteiger partial charge is 0.497 e. The number of rotatable bonds is 11. The molecule has 10 heteroatoms. The molecule has 0 aliphatic heterocycles. The van der Waals surface area contributed by atoms with Gasteiger partial charge in [0.15, 0.2) is 15.0 Å². The van der Waals surface area contributed by atoms with Crippen molar-refractivity contribution in [3.05, 3.63) is 42.5 Å². The summed E-state index contributed by atoms with van der Waals surface area (Å²) in [7, 11) is -0.733. The fourth-order valence-electron chi connectivity index (χ4n) is 3.35. The SMILES string of the molecule is CCN(CC)CCN(C(=O)CS(=O)(=O)c1ccc(OC)cc1)c1nc2ccc(OC)cc2s1. The van der Waals surface area contributed by atoms with Gasteiger partial charge in [-0.25, -0.2) is 13.4 Å². The zero-order valence-electron chi connectivity index (χ0n) is 19.3. The van der Waals surface area contributed by atoms with E-state index >= 15 is 0 Å². The van der Waals surface area contributed by atoms with Gasteiger partial charge in [-0.3, -0.25) is 9.69 Å². The Morgan fingerprint density at radius 1 is 0.970 bits per heavy atom. The number of carbonyl (C=O) groups excluding carboxylic acids is 1. The molecule has 33 heavy (non-hydrogen) atoms. The number of amides is 1. The van der Waals surface area contributed by atoms with E-state index in [1.807, 2.05) is 32.0 Å². The standard InChI is InChI=1S/C23H29N3O5S2/c1-5-25(6-2)13-14-26(23-24-20-12-9-18(31-4)15-21(20)32-23)22(27)16-33(28,29)19-10-7-17(30-3)8-11-19/h7-12,15H,5-6,13-14,16H2,1-4H3. The molecule has 0 aliphatic rings. The fraction of sp³-hybridized carbons (Fsp3) is 0.391. The quantitative estimate of drug-likeness (QED) is 0.406. The average molecular weight is 492 g/mol. The molecule has 1 aromatic heterocycles. The molecule has 0 spiro atoms. The maximum absolute atomic E-state index is 13.3. The second-order valence-electron chi connectivity index (χ2n) is 7.34. The predicted molar refractivity (Wildman–Crippen MR) is 131 cm³/mol. The first-order chi connectivity index (χ1) is 15.8. The van der Waals surface area contributed by atoms with Crippen LogP contribution in [-0.4, -0.2) is 70.4 Å². The minimum atomic E-state index is -3.83. The summed E-state index contributed by atoms with van der Waals surface area (Å²) in [6.45, 7) is 6.72. The van der Waals surface area contributed by atoms with Gasteiger partial charge >= 0.3 is 0 Å². The van der Waals surface area contributed by atoms with E-state index in [0.29, 0.717) is 29.7 Å². The number of benzene rings is 2. The molecule has 0 saturated carbocycles. The first-order valence-corrected chi connectivity index (χ1v) is 13.1. The summed E-state index contributed by atoms with van der Waals surface area (Å²) in [5, 5.41) is 0.473. The fourth-order valence-corrected chi connectivity index (χ4v) is 5.59. The van der Waals surface area contributed by atoms with Crippen molar-refractivity contribution in [3.63, 3.8) is 0 Å². The number of aromatic nitrogens is 1. The molecule has 0 fully saturated rings. The lowest BCUT2D eigenvalue weighted by Crippen LogP contribution is -2.41. The van der Waals surface area contributed by atoms with E-state index in [1.165, 1.54) is 35.5 Å². The Morgan fingerprint density at radius 3 is 2.21 bits per heavy atom. The van der Waals surface area contributed by atoms with Crippen molar-refractivity contribution in [1.82, 2.24) is 9.88 Å². The van der Waals surface area contributed by atoms with Crippen LogP contribution in [-0.2, 0) is 14.6 Å². The van der Waals surface area contributed by atoms with E-state index in [9.17, 15) is 13.2 Å². The minimum Gasteiger partial charge on any atom is -0.497 e. The molecule has 1 amide bonds. The van der Waals surface area contributed by atoms with Crippen molar-refractivity contribution in [2.45, 2.75) is 18.7 Å². The molecule has 0 aliphatic carbocycles. The van der Waals surface area contributed by atoms with Gasteiger partial charge in [0.2, 0.25) is 5.91 Å². The van der Waals surface area contributed by atoms with Crippen LogP contribution in [0, 0.1) is 0 Å². The highest BCUT2D eigenvalue weighted by atomic mass is 32.2. The molecule has 2 aromatic carbocycles. The van der Waals surface area contributed by atoms with E-state index in [-0.39, 0.29) is 4.90 Å². The summed E-state index contributed by atoms with van der Waals surface area (Å²) < 4.78 is 37.1. The van der Waals surface area contributed by atoms with E-state index < -0.39 is 21.5 Å². The number of hydrogen-bond donors (Lipinski definition) is 0. The van der Waals surface area contributed by atoms with Crippen LogP contribution in [0.2, 0.25) is 0 Å². The van der Waals surface area contributed by atoms with Crippen molar-refractivity contribution in [1.29, 1.82) is 0 Å². The van der Waals surface area contributed by atoms with Gasteiger partial charge in [0, 0.05) is 13.1 Å². The monoisotopic (exact) mass is 491 g/mol. The number of nitrogens with zero attached hydrogens (tertiary/aromatic N) is 3. The molecule has 3 aromatic rings. The van der Waals surface area contributed by atoms with Crippen LogP contribution in [0.1, 0.15) is 13.8 Å². The Hall–Kier alpha value is -2.69. The van der Waals surface area contributed by atoms with Crippen molar-refractivity contribution >= 4 is 42.4 Å². The Morgan fingerprint density at radius 2 is 1.61 bits per heavy atom. The van der Waals surface area contributed by atoms with Crippen LogP contribution in [0.4, 0.5) is 5.13 Å². The van der Waals surface area contributed by atoms with Crippen LogP contribution in [0.15, 0.2) is 47.4 Å². The van der Waals surface area contributed by atoms with Gasteiger partial charge in [-0.1, -0.05) is 25.2 Å². The Bertz CT molecular complexity index is 1190. The van der Waals surface area contributed by atoms with Crippen LogP contribution in [0.25, 0.3) is 10.2 Å². The number of carbonyl (C=O) groups is 1. The first-order valence-electron chi connectivity index (χ1n) is 10.6. The summed E-state index contributed by atoms with van der Waals surface area (Å²) in [5.41, 5.74) is 0.731. The van der Waals surface area contributed by atoms with Crippen LogP contribution >= 0.6 is 11.3 Å². The van der Waals surface area contributed by atoms with Crippen molar-refractivity contribution in [3.8, 4) is 11.5 Å². The van der Waals surface area contributed by atoms with Crippen molar-refractivity contribution in [2.75, 3.05) is 51.1 Å². The molecule has 0 bridgehead atoms. The zero-order chi connectivity index (χ0) is 24.0. The molecule has 0 saturated heterocycles. The van der Waals surface area contributed by atoms with Crippen LogP contribution < -0.4 is 14.4 Å². The highest BCUT2D eigenvalue weighted by Crippen LogP contribution is 2.32. The number of sulfone groups is 1. The normalized spacial score (nSPS) is 11.7. The summed E-state index contributed by atoms with van der Waals surface area (Å²) in [4.78, 5) is 21.6. The maximum Gasteiger partial charge on any atom is 0.244 e. The molecule has 0 atom stereocenters. The van der Waals surface area contributed by atoms with E-state index in [0.717, 1.165) is 23.3 Å². The third kappa shape index (κ3) is 6.01. The lowest BCUT2D eigenvalue weighted by Gasteiger charge is -2.24. The molecule has 0 unspecified atom stereocenters. The third-order valence-electron chi connectivity index (χ3n) is 5.38. The number of fused-ring (bicyclic) bond motifs is 1. The highest BCUT2D eigenvalue weighted by molar-refractivity contribution is 7.92. The molecular weight excluding hydrogens is 462 g/mol. The number of hydrogen-bond acceptors (Lipinski definition) is 8. The second kappa shape index (κ2) is 11.0.